The van der Waals surface area contributed by atoms with Crippen LogP contribution in [0.15, 0.2) is 54.2 Å². The number of anilines is 1. The minimum Gasteiger partial charge on any atom is -0.326 e. The average molecular weight is 373 g/mol. The van der Waals surface area contributed by atoms with E-state index >= 15 is 0 Å². The van der Waals surface area contributed by atoms with Gasteiger partial charge in [0.2, 0.25) is 5.91 Å². The van der Waals surface area contributed by atoms with E-state index in [9.17, 15) is 14.4 Å². The van der Waals surface area contributed by atoms with Crippen molar-refractivity contribution >= 4 is 41.1 Å². The molecule has 2 aromatic carbocycles. The molecule has 134 valence electrons. The SMILES string of the molecule is CC(=O)Nc1ccc(C(=O)N/C(=C/c2ccccc2Cl)C(=O)NN)cc1. The van der Waals surface area contributed by atoms with Gasteiger partial charge in [-0.05, 0) is 42.0 Å². The first-order valence-electron chi connectivity index (χ1n) is 7.57. The van der Waals surface area contributed by atoms with E-state index in [0.717, 1.165) is 0 Å². The smallest absolute Gasteiger partial charge is 0.281 e. The van der Waals surface area contributed by atoms with Crippen molar-refractivity contribution in [2.75, 3.05) is 5.32 Å². The number of hydrazine groups is 1. The van der Waals surface area contributed by atoms with E-state index in [-0.39, 0.29) is 11.6 Å². The minimum absolute atomic E-state index is 0.0588. The van der Waals surface area contributed by atoms with E-state index in [1.54, 1.807) is 36.4 Å². The van der Waals surface area contributed by atoms with Crippen LogP contribution in [0, 0.1) is 0 Å². The Bertz CT molecular complexity index is 863. The Balaban J connectivity index is 2.23. The highest BCUT2D eigenvalue weighted by Crippen LogP contribution is 2.18. The fourth-order valence-corrected chi connectivity index (χ4v) is 2.28. The van der Waals surface area contributed by atoms with Crippen LogP contribution in [0.4, 0.5) is 5.69 Å². The first-order valence-corrected chi connectivity index (χ1v) is 7.94. The summed E-state index contributed by atoms with van der Waals surface area (Å²) < 4.78 is 0. The van der Waals surface area contributed by atoms with Crippen molar-refractivity contribution in [1.82, 2.24) is 10.7 Å². The molecular weight excluding hydrogens is 356 g/mol. The van der Waals surface area contributed by atoms with Crippen molar-refractivity contribution in [2.24, 2.45) is 5.84 Å². The van der Waals surface area contributed by atoms with E-state index in [2.05, 4.69) is 10.6 Å². The van der Waals surface area contributed by atoms with E-state index in [4.69, 9.17) is 17.4 Å². The Hall–Kier alpha value is -3.16. The number of halogens is 1. The number of carbonyl (C=O) groups is 3. The predicted molar refractivity (Wildman–Crippen MR) is 100.0 cm³/mol. The molecule has 26 heavy (non-hydrogen) atoms. The molecule has 0 radical (unpaired) electrons. The van der Waals surface area contributed by atoms with Crippen LogP contribution in [0.25, 0.3) is 6.08 Å². The molecule has 0 fully saturated rings. The highest BCUT2D eigenvalue weighted by molar-refractivity contribution is 6.32. The van der Waals surface area contributed by atoms with E-state index in [1.807, 2.05) is 5.43 Å². The van der Waals surface area contributed by atoms with Gasteiger partial charge in [0.15, 0.2) is 0 Å². The van der Waals surface area contributed by atoms with Crippen LogP contribution in [0.1, 0.15) is 22.8 Å². The van der Waals surface area contributed by atoms with Crippen LogP contribution < -0.4 is 21.9 Å². The van der Waals surface area contributed by atoms with E-state index in [0.29, 0.717) is 21.8 Å². The van der Waals surface area contributed by atoms with Crippen LogP contribution in [-0.4, -0.2) is 17.7 Å². The number of nitrogens with one attached hydrogen (secondary N) is 3. The van der Waals surface area contributed by atoms with Crippen LogP contribution in [0.3, 0.4) is 0 Å². The molecule has 0 aliphatic carbocycles. The summed E-state index contributed by atoms with van der Waals surface area (Å²) in [6, 6.07) is 13.1. The van der Waals surface area contributed by atoms with E-state index < -0.39 is 11.8 Å². The Morgan fingerprint density at radius 2 is 1.69 bits per heavy atom. The van der Waals surface area contributed by atoms with Crippen molar-refractivity contribution in [1.29, 1.82) is 0 Å². The van der Waals surface area contributed by atoms with Crippen LogP contribution in [0.5, 0.6) is 0 Å². The molecule has 0 heterocycles. The predicted octanol–water partition coefficient (Wildman–Crippen LogP) is 2.06. The topological polar surface area (TPSA) is 113 Å². The summed E-state index contributed by atoms with van der Waals surface area (Å²) in [5, 5.41) is 5.52. The van der Waals surface area contributed by atoms with Gasteiger partial charge in [-0.15, -0.1) is 0 Å². The maximum atomic E-state index is 12.4. The second kappa shape index (κ2) is 8.80. The standard InChI is InChI=1S/C18H17ClN4O3/c1-11(24)21-14-8-6-12(7-9-14)17(25)22-16(18(26)23-20)10-13-4-2-3-5-15(13)19/h2-10H,20H2,1H3,(H,21,24)(H,22,25)(H,23,26)/b16-10+. The number of amides is 3. The van der Waals surface area contributed by atoms with Gasteiger partial charge >= 0.3 is 0 Å². The number of nitrogens with two attached hydrogens (primary N) is 1. The molecule has 2 aromatic rings. The highest BCUT2D eigenvalue weighted by atomic mass is 35.5. The lowest BCUT2D eigenvalue weighted by Gasteiger charge is -2.10. The fourth-order valence-electron chi connectivity index (χ4n) is 2.09. The number of hydrogen-bond acceptors (Lipinski definition) is 4. The van der Waals surface area contributed by atoms with Crippen molar-refractivity contribution < 1.29 is 14.4 Å². The molecule has 0 atom stereocenters. The maximum absolute atomic E-state index is 12.4. The Morgan fingerprint density at radius 3 is 2.27 bits per heavy atom. The lowest BCUT2D eigenvalue weighted by Crippen LogP contribution is -2.38. The Kier molecular flexibility index (Phi) is 6.48. The largest absolute Gasteiger partial charge is 0.326 e. The third kappa shape index (κ3) is 5.17. The van der Waals surface area contributed by atoms with Crippen molar-refractivity contribution in [3.8, 4) is 0 Å². The normalized spacial score (nSPS) is 10.8. The summed E-state index contributed by atoms with van der Waals surface area (Å²) in [5.41, 5.74) is 3.33. The summed E-state index contributed by atoms with van der Waals surface area (Å²) in [6.45, 7) is 1.39. The Labute approximate surface area is 155 Å². The lowest BCUT2D eigenvalue weighted by molar-refractivity contribution is -0.117. The molecule has 0 saturated heterocycles. The highest BCUT2D eigenvalue weighted by Gasteiger charge is 2.14. The zero-order valence-corrected chi connectivity index (χ0v) is 14.6. The summed E-state index contributed by atoms with van der Waals surface area (Å²) in [6.07, 6.45) is 1.42. The zero-order chi connectivity index (χ0) is 19.1. The third-order valence-electron chi connectivity index (χ3n) is 3.30. The van der Waals surface area contributed by atoms with E-state index in [1.165, 1.54) is 25.1 Å². The van der Waals surface area contributed by atoms with Crippen molar-refractivity contribution in [2.45, 2.75) is 6.92 Å². The molecule has 3 amide bonds. The lowest BCUT2D eigenvalue weighted by atomic mass is 10.1. The maximum Gasteiger partial charge on any atom is 0.281 e. The number of benzene rings is 2. The van der Waals surface area contributed by atoms with Gasteiger partial charge in [0.05, 0.1) is 0 Å². The number of rotatable bonds is 5. The number of hydrogen-bond donors (Lipinski definition) is 4. The quantitative estimate of drug-likeness (QED) is 0.278. The molecule has 8 heteroatoms. The third-order valence-corrected chi connectivity index (χ3v) is 3.64. The van der Waals surface area contributed by atoms with Crippen molar-refractivity contribution in [3.05, 3.63) is 70.4 Å². The van der Waals surface area contributed by atoms with Gasteiger partial charge in [0.25, 0.3) is 11.8 Å². The van der Waals surface area contributed by atoms with Crippen LogP contribution in [-0.2, 0) is 9.59 Å². The molecule has 7 nitrogen and oxygen atoms in total. The van der Waals surface area contributed by atoms with Gasteiger partial charge in [-0.25, -0.2) is 5.84 Å². The second-order valence-electron chi connectivity index (χ2n) is 5.27. The van der Waals surface area contributed by atoms with Gasteiger partial charge in [0.1, 0.15) is 5.70 Å². The molecule has 0 aromatic heterocycles. The first-order chi connectivity index (χ1) is 12.4. The van der Waals surface area contributed by atoms with Crippen LogP contribution >= 0.6 is 11.6 Å². The molecule has 0 saturated carbocycles. The average Bonchev–Trinajstić information content (AvgIpc) is 2.62. The first kappa shape index (κ1) is 19.2. The van der Waals surface area contributed by atoms with Gasteiger partial charge in [-0.3, -0.25) is 19.8 Å². The molecule has 2 rings (SSSR count). The molecule has 0 bridgehead atoms. The summed E-state index contributed by atoms with van der Waals surface area (Å²) >= 11 is 6.07. The summed E-state index contributed by atoms with van der Waals surface area (Å²) in [4.78, 5) is 35.4. The zero-order valence-electron chi connectivity index (χ0n) is 13.9. The molecule has 0 spiro atoms. The summed E-state index contributed by atoms with van der Waals surface area (Å²) in [5.74, 6) is 3.78. The van der Waals surface area contributed by atoms with Gasteiger partial charge < -0.3 is 10.6 Å². The molecule has 5 N–H and O–H groups in total. The second-order valence-corrected chi connectivity index (χ2v) is 5.67. The van der Waals surface area contributed by atoms with Gasteiger partial charge in [-0.1, -0.05) is 29.8 Å². The van der Waals surface area contributed by atoms with Crippen molar-refractivity contribution in [3.63, 3.8) is 0 Å². The fraction of sp³-hybridized carbons (Fsp3) is 0.0556. The molecule has 0 unspecified atom stereocenters. The monoisotopic (exact) mass is 372 g/mol. The number of carbonyl (C=O) groups excluding carboxylic acids is 3. The van der Waals surface area contributed by atoms with Gasteiger partial charge in [-0.2, -0.15) is 0 Å². The van der Waals surface area contributed by atoms with Gasteiger partial charge in [0, 0.05) is 23.2 Å². The molecule has 0 aliphatic rings. The minimum atomic E-state index is -0.673. The summed E-state index contributed by atoms with van der Waals surface area (Å²) in [7, 11) is 0. The van der Waals surface area contributed by atoms with Crippen LogP contribution in [0.2, 0.25) is 5.02 Å². The molecule has 0 aliphatic heterocycles. The molecular formula is C18H17ClN4O3. The Morgan fingerprint density at radius 1 is 1.04 bits per heavy atom.